The van der Waals surface area contributed by atoms with Crippen LogP contribution in [0, 0.1) is 0 Å². The van der Waals surface area contributed by atoms with Gasteiger partial charge in [0.25, 0.3) is 0 Å². The number of carbonyl (C=O) groups is 1. The molecule has 2 rings (SSSR count). The zero-order chi connectivity index (χ0) is 13.3. The van der Waals surface area contributed by atoms with Gasteiger partial charge in [-0.15, -0.1) is 0 Å². The molecule has 1 atom stereocenters. The Morgan fingerprint density at radius 2 is 2.22 bits per heavy atom. The van der Waals surface area contributed by atoms with Crippen LogP contribution in [0.5, 0.6) is 5.75 Å². The summed E-state index contributed by atoms with van der Waals surface area (Å²) in [5, 5.41) is 8.73. The monoisotopic (exact) mass is 271 g/mol. The van der Waals surface area contributed by atoms with Crippen LogP contribution in [-0.4, -0.2) is 32.1 Å². The molecule has 18 heavy (non-hydrogen) atoms. The van der Waals surface area contributed by atoms with Crippen molar-refractivity contribution in [2.75, 3.05) is 6.61 Å². The summed E-state index contributed by atoms with van der Waals surface area (Å²) in [5.41, 5.74) is 0.820. The Labute approximate surface area is 105 Å². The normalized spacial score (nSPS) is 15.8. The first kappa shape index (κ1) is 12.8. The molecule has 0 fully saturated rings. The standard InChI is InChI=1S/C11H13NO5S/c1-7(11(13)14)12-18(15,16)9-4-2-3-8-5-6-17-10(8)9/h2-4,7,12H,5-6H2,1H3,(H,13,14)/t7-/m1/s1. The Bertz CT molecular complexity index is 581. The molecule has 1 aliphatic heterocycles. The van der Waals surface area contributed by atoms with Gasteiger partial charge >= 0.3 is 5.97 Å². The summed E-state index contributed by atoms with van der Waals surface area (Å²) in [6.07, 6.45) is 0.660. The van der Waals surface area contributed by atoms with Gasteiger partial charge in [0.05, 0.1) is 6.61 Å². The topological polar surface area (TPSA) is 92.7 Å². The van der Waals surface area contributed by atoms with E-state index in [0.29, 0.717) is 18.8 Å². The number of benzene rings is 1. The molecular weight excluding hydrogens is 258 g/mol. The summed E-state index contributed by atoms with van der Waals surface area (Å²) in [4.78, 5) is 10.7. The van der Waals surface area contributed by atoms with Crippen LogP contribution in [0.2, 0.25) is 0 Å². The van der Waals surface area contributed by atoms with Crippen LogP contribution < -0.4 is 9.46 Å². The van der Waals surface area contributed by atoms with E-state index in [1.807, 2.05) is 0 Å². The molecule has 1 heterocycles. The van der Waals surface area contributed by atoms with Gasteiger partial charge in [0.2, 0.25) is 10.0 Å². The Kier molecular flexibility index (Phi) is 3.27. The van der Waals surface area contributed by atoms with Crippen LogP contribution >= 0.6 is 0 Å². The first-order valence-electron chi connectivity index (χ1n) is 5.41. The smallest absolute Gasteiger partial charge is 0.321 e. The molecule has 0 bridgehead atoms. The number of ether oxygens (including phenoxy) is 1. The van der Waals surface area contributed by atoms with Crippen molar-refractivity contribution in [3.63, 3.8) is 0 Å². The second kappa shape index (κ2) is 4.58. The predicted molar refractivity (Wildman–Crippen MR) is 63.1 cm³/mol. The largest absolute Gasteiger partial charge is 0.492 e. The molecule has 0 aliphatic carbocycles. The van der Waals surface area contributed by atoms with E-state index in [1.54, 1.807) is 12.1 Å². The number of fused-ring (bicyclic) bond motifs is 1. The predicted octanol–water partition coefficient (Wildman–Crippen LogP) is 0.373. The average Bonchev–Trinajstić information content (AvgIpc) is 2.75. The van der Waals surface area contributed by atoms with Gasteiger partial charge in [-0.2, -0.15) is 4.72 Å². The summed E-state index contributed by atoms with van der Waals surface area (Å²) in [6, 6.07) is 3.63. The highest BCUT2D eigenvalue weighted by molar-refractivity contribution is 7.89. The van der Waals surface area contributed by atoms with Crippen molar-refractivity contribution in [2.45, 2.75) is 24.3 Å². The summed E-state index contributed by atoms with van der Waals surface area (Å²) < 4.78 is 31.5. The fraction of sp³-hybridized carbons (Fsp3) is 0.364. The van der Waals surface area contributed by atoms with Crippen LogP contribution in [-0.2, 0) is 21.2 Å². The number of carboxylic acids is 1. The van der Waals surface area contributed by atoms with Crippen molar-refractivity contribution in [1.82, 2.24) is 4.72 Å². The molecule has 0 unspecified atom stereocenters. The fourth-order valence-corrected chi connectivity index (χ4v) is 3.13. The summed E-state index contributed by atoms with van der Waals surface area (Å²) in [5.74, 6) is -0.908. The van der Waals surface area contributed by atoms with E-state index in [0.717, 1.165) is 5.56 Å². The van der Waals surface area contributed by atoms with E-state index in [1.165, 1.54) is 13.0 Å². The zero-order valence-corrected chi connectivity index (χ0v) is 10.5. The number of sulfonamides is 1. The second-order valence-electron chi connectivity index (χ2n) is 4.02. The van der Waals surface area contributed by atoms with Crippen LogP contribution in [0.25, 0.3) is 0 Å². The number of para-hydroxylation sites is 1. The number of carboxylic acid groups (broad SMARTS) is 1. The number of hydrogen-bond acceptors (Lipinski definition) is 4. The van der Waals surface area contributed by atoms with Crippen molar-refractivity contribution in [1.29, 1.82) is 0 Å². The first-order chi connectivity index (χ1) is 8.42. The Morgan fingerprint density at radius 1 is 1.50 bits per heavy atom. The number of hydrogen-bond donors (Lipinski definition) is 2. The van der Waals surface area contributed by atoms with Crippen molar-refractivity contribution in [3.8, 4) is 5.75 Å². The van der Waals surface area contributed by atoms with E-state index in [9.17, 15) is 13.2 Å². The highest BCUT2D eigenvalue weighted by Gasteiger charge is 2.27. The highest BCUT2D eigenvalue weighted by atomic mass is 32.2. The minimum atomic E-state index is -3.89. The van der Waals surface area contributed by atoms with Gasteiger partial charge in [-0.1, -0.05) is 12.1 Å². The van der Waals surface area contributed by atoms with Gasteiger partial charge in [-0.3, -0.25) is 4.79 Å². The molecule has 0 spiro atoms. The maximum absolute atomic E-state index is 12.1. The Balaban J connectivity index is 2.37. The fourth-order valence-electron chi connectivity index (χ4n) is 1.74. The van der Waals surface area contributed by atoms with Gasteiger partial charge in [-0.25, -0.2) is 8.42 Å². The zero-order valence-electron chi connectivity index (χ0n) is 9.71. The lowest BCUT2D eigenvalue weighted by Gasteiger charge is -2.12. The Hall–Kier alpha value is -1.60. The SMILES string of the molecule is C[C@@H](NS(=O)(=O)c1cccc2c1OCC2)C(=O)O. The maximum Gasteiger partial charge on any atom is 0.321 e. The number of nitrogens with one attached hydrogen (secondary N) is 1. The third-order valence-electron chi connectivity index (χ3n) is 2.67. The third-order valence-corrected chi connectivity index (χ3v) is 4.23. The molecule has 6 nitrogen and oxygen atoms in total. The molecule has 1 aromatic rings. The van der Waals surface area contributed by atoms with Crippen molar-refractivity contribution >= 4 is 16.0 Å². The molecule has 1 aliphatic rings. The lowest BCUT2D eigenvalue weighted by molar-refractivity contribution is -0.138. The van der Waals surface area contributed by atoms with Crippen LogP contribution in [0.15, 0.2) is 23.1 Å². The molecular formula is C11H13NO5S. The van der Waals surface area contributed by atoms with E-state index >= 15 is 0 Å². The lowest BCUT2D eigenvalue weighted by atomic mass is 10.2. The number of rotatable bonds is 4. The molecule has 1 aromatic carbocycles. The molecule has 0 radical (unpaired) electrons. The van der Waals surface area contributed by atoms with E-state index in [-0.39, 0.29) is 4.90 Å². The summed E-state index contributed by atoms with van der Waals surface area (Å²) in [7, 11) is -3.89. The van der Waals surface area contributed by atoms with Crippen molar-refractivity contribution in [2.24, 2.45) is 0 Å². The molecule has 0 amide bonds. The molecule has 98 valence electrons. The van der Waals surface area contributed by atoms with Gasteiger partial charge in [-0.05, 0) is 18.6 Å². The molecule has 2 N–H and O–H groups in total. The molecule has 0 saturated heterocycles. The summed E-state index contributed by atoms with van der Waals surface area (Å²) >= 11 is 0. The van der Waals surface area contributed by atoms with Gasteiger partial charge in [0, 0.05) is 6.42 Å². The molecule has 7 heteroatoms. The minimum absolute atomic E-state index is 0.00870. The number of aliphatic carboxylic acids is 1. The third kappa shape index (κ3) is 2.32. The summed E-state index contributed by atoms with van der Waals surface area (Å²) in [6.45, 7) is 1.71. The van der Waals surface area contributed by atoms with Crippen LogP contribution in [0.4, 0.5) is 0 Å². The van der Waals surface area contributed by atoms with Crippen LogP contribution in [0.3, 0.4) is 0 Å². The minimum Gasteiger partial charge on any atom is -0.492 e. The Morgan fingerprint density at radius 3 is 2.89 bits per heavy atom. The van der Waals surface area contributed by atoms with E-state index in [2.05, 4.69) is 4.72 Å². The van der Waals surface area contributed by atoms with Crippen molar-refractivity contribution < 1.29 is 23.1 Å². The second-order valence-corrected chi connectivity index (χ2v) is 5.71. The van der Waals surface area contributed by atoms with Crippen LogP contribution in [0.1, 0.15) is 12.5 Å². The molecule has 0 saturated carbocycles. The highest BCUT2D eigenvalue weighted by Crippen LogP contribution is 2.32. The maximum atomic E-state index is 12.1. The van der Waals surface area contributed by atoms with Gasteiger partial charge in [0.15, 0.2) is 0 Å². The van der Waals surface area contributed by atoms with Gasteiger partial charge in [0.1, 0.15) is 16.7 Å². The first-order valence-corrected chi connectivity index (χ1v) is 6.90. The van der Waals surface area contributed by atoms with E-state index < -0.39 is 22.0 Å². The van der Waals surface area contributed by atoms with Crippen molar-refractivity contribution in [3.05, 3.63) is 23.8 Å². The quantitative estimate of drug-likeness (QED) is 0.825. The average molecular weight is 271 g/mol. The lowest BCUT2D eigenvalue weighted by Crippen LogP contribution is -2.38. The van der Waals surface area contributed by atoms with Gasteiger partial charge < -0.3 is 9.84 Å². The molecule has 0 aromatic heterocycles. The van der Waals surface area contributed by atoms with E-state index in [4.69, 9.17) is 9.84 Å².